The number of ether oxygens (including phenoxy) is 1. The molecule has 0 radical (unpaired) electrons. The molecule has 102 valence electrons. The second kappa shape index (κ2) is 6.92. The van der Waals surface area contributed by atoms with E-state index in [2.05, 4.69) is 10.9 Å². The lowest BCUT2D eigenvalue weighted by Gasteiger charge is -2.16. The topological polar surface area (TPSA) is 33.3 Å². The minimum atomic E-state index is -1.35. The zero-order chi connectivity index (χ0) is 13.8. The van der Waals surface area contributed by atoms with Crippen LogP contribution >= 0.6 is 46.4 Å². The Balaban J connectivity index is 2.61. The number of anilines is 1. The fraction of sp³-hybridized carbons (Fsp3) is 0.455. The summed E-state index contributed by atoms with van der Waals surface area (Å²) in [5.74, 6) is 0.604. The number of benzene rings is 1. The highest BCUT2D eigenvalue weighted by atomic mass is 35.6. The van der Waals surface area contributed by atoms with Gasteiger partial charge in [0.25, 0.3) is 0 Å². The summed E-state index contributed by atoms with van der Waals surface area (Å²) < 4.78 is 4.20. The van der Waals surface area contributed by atoms with Crippen LogP contribution in [0, 0.1) is 0 Å². The molecule has 3 nitrogen and oxygen atoms in total. The third-order valence-corrected chi connectivity index (χ3v) is 2.53. The Morgan fingerprint density at radius 2 is 1.94 bits per heavy atom. The maximum Gasteiger partial charge on any atom is 0.204 e. The van der Waals surface area contributed by atoms with Crippen LogP contribution in [0.2, 0.25) is 5.02 Å². The van der Waals surface area contributed by atoms with Crippen LogP contribution in [0.1, 0.15) is 13.8 Å². The quantitative estimate of drug-likeness (QED) is 0.619. The first-order valence-corrected chi connectivity index (χ1v) is 6.81. The van der Waals surface area contributed by atoms with Crippen LogP contribution in [0.25, 0.3) is 0 Å². The Morgan fingerprint density at radius 3 is 2.50 bits per heavy atom. The Morgan fingerprint density at radius 1 is 1.28 bits per heavy atom. The summed E-state index contributed by atoms with van der Waals surface area (Å²) in [6.07, 6.45) is 0.0480. The highest BCUT2D eigenvalue weighted by molar-refractivity contribution is 6.67. The zero-order valence-electron chi connectivity index (χ0n) is 9.94. The van der Waals surface area contributed by atoms with Crippen LogP contribution < -0.4 is 15.6 Å². The van der Waals surface area contributed by atoms with Gasteiger partial charge in [0, 0.05) is 6.07 Å². The minimum absolute atomic E-state index is 0.0480. The molecule has 1 aromatic rings. The third-order valence-electron chi connectivity index (χ3n) is 1.82. The molecule has 0 atom stereocenters. The van der Waals surface area contributed by atoms with Gasteiger partial charge >= 0.3 is 0 Å². The third kappa shape index (κ3) is 6.21. The van der Waals surface area contributed by atoms with E-state index in [0.717, 1.165) is 5.69 Å². The lowest BCUT2D eigenvalue weighted by atomic mass is 10.3. The van der Waals surface area contributed by atoms with Crippen LogP contribution in [0.15, 0.2) is 18.2 Å². The molecule has 1 rings (SSSR count). The van der Waals surface area contributed by atoms with Crippen molar-refractivity contribution in [3.8, 4) is 5.75 Å². The van der Waals surface area contributed by atoms with Gasteiger partial charge in [-0.15, -0.1) is 0 Å². The van der Waals surface area contributed by atoms with Crippen molar-refractivity contribution in [3.63, 3.8) is 0 Å². The van der Waals surface area contributed by atoms with Gasteiger partial charge < -0.3 is 10.2 Å². The average Bonchev–Trinajstić information content (AvgIpc) is 2.20. The van der Waals surface area contributed by atoms with Crippen LogP contribution in [-0.4, -0.2) is 16.4 Å². The number of alkyl halides is 3. The highest BCUT2D eigenvalue weighted by Gasteiger charge is 2.18. The minimum Gasteiger partial charge on any atom is -0.489 e. The van der Waals surface area contributed by atoms with Crippen molar-refractivity contribution in [2.24, 2.45) is 0 Å². The molecule has 1 aromatic carbocycles. The van der Waals surface area contributed by atoms with E-state index in [1.165, 1.54) is 0 Å². The van der Waals surface area contributed by atoms with Crippen molar-refractivity contribution in [1.82, 2.24) is 5.43 Å². The Hall–Kier alpha value is -0.0600. The largest absolute Gasteiger partial charge is 0.489 e. The molecule has 0 saturated heterocycles. The van der Waals surface area contributed by atoms with Gasteiger partial charge in [-0.1, -0.05) is 46.4 Å². The molecule has 18 heavy (non-hydrogen) atoms. The fourth-order valence-electron chi connectivity index (χ4n) is 1.17. The van der Waals surface area contributed by atoms with Crippen LogP contribution in [0.4, 0.5) is 5.69 Å². The number of rotatable bonds is 5. The van der Waals surface area contributed by atoms with Crippen LogP contribution in [-0.2, 0) is 0 Å². The van der Waals surface area contributed by atoms with E-state index in [1.54, 1.807) is 18.2 Å². The SMILES string of the molecule is CC(C)Oc1cc(NNCC(Cl)(Cl)Cl)ccc1Cl. The monoisotopic (exact) mass is 330 g/mol. The molecule has 0 aliphatic heterocycles. The lowest BCUT2D eigenvalue weighted by molar-refractivity contribution is 0.242. The summed E-state index contributed by atoms with van der Waals surface area (Å²) >= 11 is 22.8. The molecule has 0 unspecified atom stereocenters. The van der Waals surface area contributed by atoms with Gasteiger partial charge in [0.15, 0.2) is 0 Å². The molecule has 0 amide bonds. The molecule has 2 N–H and O–H groups in total. The summed E-state index contributed by atoms with van der Waals surface area (Å²) in [5.41, 5.74) is 6.47. The van der Waals surface area contributed by atoms with Crippen molar-refractivity contribution >= 4 is 52.1 Å². The molecular formula is C11H14Cl4N2O. The molecule has 0 aliphatic carbocycles. The van der Waals surface area contributed by atoms with E-state index in [0.29, 0.717) is 10.8 Å². The number of hydrazine groups is 1. The molecular weight excluding hydrogens is 318 g/mol. The molecule has 7 heteroatoms. The Labute approximate surface area is 127 Å². The van der Waals surface area contributed by atoms with Crippen molar-refractivity contribution in [2.45, 2.75) is 23.7 Å². The van der Waals surface area contributed by atoms with Gasteiger partial charge in [0.2, 0.25) is 3.79 Å². The van der Waals surface area contributed by atoms with Gasteiger partial charge in [-0.3, -0.25) is 0 Å². The normalized spacial score (nSPS) is 11.7. The van der Waals surface area contributed by atoms with Crippen LogP contribution in [0.3, 0.4) is 0 Å². The standard InChI is InChI=1S/C11H14Cl4N2O/c1-7(2)18-10-5-8(3-4-9(10)12)17-16-6-11(13,14)15/h3-5,7,16-17H,6H2,1-2H3. The second-order valence-corrected chi connectivity index (χ2v) is 6.83. The Bertz CT molecular complexity index is 393. The maximum absolute atomic E-state index is 6.01. The van der Waals surface area contributed by atoms with Gasteiger partial charge in [0.1, 0.15) is 5.75 Å². The van der Waals surface area contributed by atoms with Gasteiger partial charge in [0.05, 0.1) is 23.4 Å². The first-order chi connectivity index (χ1) is 8.28. The summed E-state index contributed by atoms with van der Waals surface area (Å²) in [6.45, 7) is 4.02. The maximum atomic E-state index is 6.01. The van der Waals surface area contributed by atoms with Gasteiger partial charge in [-0.05, 0) is 26.0 Å². The predicted molar refractivity (Wildman–Crippen MR) is 79.1 cm³/mol. The van der Waals surface area contributed by atoms with E-state index in [9.17, 15) is 0 Å². The van der Waals surface area contributed by atoms with E-state index in [4.69, 9.17) is 51.1 Å². The van der Waals surface area contributed by atoms with Crippen LogP contribution in [0.5, 0.6) is 5.75 Å². The molecule has 0 saturated carbocycles. The van der Waals surface area contributed by atoms with E-state index in [1.807, 2.05) is 13.8 Å². The number of hydrogen-bond acceptors (Lipinski definition) is 3. The fourth-order valence-corrected chi connectivity index (χ4v) is 1.53. The highest BCUT2D eigenvalue weighted by Crippen LogP contribution is 2.29. The first-order valence-electron chi connectivity index (χ1n) is 5.30. The van der Waals surface area contributed by atoms with E-state index >= 15 is 0 Å². The summed E-state index contributed by atoms with van der Waals surface area (Å²) in [5, 5.41) is 0.552. The van der Waals surface area contributed by atoms with Crippen molar-refractivity contribution in [2.75, 3.05) is 12.0 Å². The summed E-state index contributed by atoms with van der Waals surface area (Å²) in [7, 11) is 0. The second-order valence-electron chi connectivity index (χ2n) is 3.91. The van der Waals surface area contributed by atoms with Crippen molar-refractivity contribution in [1.29, 1.82) is 0 Å². The van der Waals surface area contributed by atoms with Gasteiger partial charge in [-0.2, -0.15) is 0 Å². The first kappa shape index (κ1) is 16.0. The Kier molecular flexibility index (Phi) is 6.15. The molecule has 0 bridgehead atoms. The van der Waals surface area contributed by atoms with Crippen molar-refractivity contribution in [3.05, 3.63) is 23.2 Å². The number of hydrogen-bond donors (Lipinski definition) is 2. The lowest BCUT2D eigenvalue weighted by Crippen LogP contribution is -2.31. The van der Waals surface area contributed by atoms with E-state index in [-0.39, 0.29) is 12.6 Å². The van der Waals surface area contributed by atoms with Crippen molar-refractivity contribution < 1.29 is 4.74 Å². The molecule has 0 heterocycles. The van der Waals surface area contributed by atoms with Gasteiger partial charge in [-0.25, -0.2) is 5.43 Å². The molecule has 0 aromatic heterocycles. The molecule has 0 spiro atoms. The number of nitrogens with one attached hydrogen (secondary N) is 2. The summed E-state index contributed by atoms with van der Waals surface area (Å²) in [4.78, 5) is 0. The number of halogens is 4. The average molecular weight is 332 g/mol. The predicted octanol–water partition coefficient (Wildman–Crippen LogP) is 4.41. The molecule has 0 aliphatic rings. The summed E-state index contributed by atoms with van der Waals surface area (Å²) in [6, 6.07) is 5.30. The zero-order valence-corrected chi connectivity index (χ0v) is 13.0. The molecule has 0 fully saturated rings. The van der Waals surface area contributed by atoms with E-state index < -0.39 is 3.79 Å². The smallest absolute Gasteiger partial charge is 0.204 e.